The molecule has 2 saturated carbocycles. The zero-order valence-electron chi connectivity index (χ0n) is 11.1. The highest BCUT2D eigenvalue weighted by molar-refractivity contribution is 7.71. The van der Waals surface area contributed by atoms with Crippen molar-refractivity contribution in [2.75, 3.05) is 11.4 Å². The van der Waals surface area contributed by atoms with Crippen LogP contribution in [0.1, 0.15) is 57.9 Å². The van der Waals surface area contributed by atoms with Gasteiger partial charge in [-0.25, -0.2) is 5.10 Å². The maximum absolute atomic E-state index is 5.38. The Morgan fingerprint density at radius 2 is 2.00 bits per heavy atom. The smallest absolute Gasteiger partial charge is 0.226 e. The fourth-order valence-electron chi connectivity index (χ4n) is 3.12. The topological polar surface area (TPSA) is 36.9 Å². The molecule has 2 fully saturated rings. The predicted molar refractivity (Wildman–Crippen MR) is 75.6 cm³/mol. The summed E-state index contributed by atoms with van der Waals surface area (Å²) in [6, 6.07) is 1.26. The molecule has 18 heavy (non-hydrogen) atoms. The lowest BCUT2D eigenvalue weighted by atomic mass is 9.94. The number of hydrogen-bond acceptors (Lipinski definition) is 3. The minimum absolute atomic E-state index is 0.601. The van der Waals surface area contributed by atoms with Crippen molar-refractivity contribution in [1.29, 1.82) is 0 Å². The molecular formula is C13H22N4S. The molecule has 2 aliphatic rings. The molecular weight excluding hydrogens is 244 g/mol. The molecule has 0 amide bonds. The summed E-state index contributed by atoms with van der Waals surface area (Å²) >= 11 is 5.38. The number of aromatic amines is 1. The Morgan fingerprint density at radius 3 is 2.61 bits per heavy atom. The molecule has 1 aromatic heterocycles. The molecule has 0 aliphatic heterocycles. The van der Waals surface area contributed by atoms with Gasteiger partial charge in [0.05, 0.1) is 0 Å². The molecule has 4 nitrogen and oxygen atoms in total. The van der Waals surface area contributed by atoms with E-state index in [-0.39, 0.29) is 0 Å². The van der Waals surface area contributed by atoms with Crippen LogP contribution in [0.3, 0.4) is 0 Å². The Balaban J connectivity index is 1.88. The summed E-state index contributed by atoms with van der Waals surface area (Å²) in [7, 11) is 0. The van der Waals surface area contributed by atoms with Crippen LogP contribution in [0.15, 0.2) is 0 Å². The molecule has 0 unspecified atom stereocenters. The highest BCUT2D eigenvalue weighted by atomic mass is 32.1. The SMILES string of the molecule is CCN(c1n[nH]c(=S)n1C1CC1)C1CCCCC1. The maximum Gasteiger partial charge on any atom is 0.226 e. The summed E-state index contributed by atoms with van der Waals surface area (Å²) in [5.41, 5.74) is 0. The first-order valence-electron chi connectivity index (χ1n) is 7.24. The highest BCUT2D eigenvalue weighted by Gasteiger charge is 2.31. The van der Waals surface area contributed by atoms with Crippen LogP contribution in [0.25, 0.3) is 0 Å². The Kier molecular flexibility index (Phi) is 3.41. The monoisotopic (exact) mass is 266 g/mol. The standard InChI is InChI=1S/C13H22N4S/c1-2-16(10-6-4-3-5-7-10)12-14-15-13(18)17(12)11-8-9-11/h10-11H,2-9H2,1H3,(H,15,18). The number of hydrogen-bond donors (Lipinski definition) is 1. The van der Waals surface area contributed by atoms with E-state index in [1.165, 1.54) is 44.9 Å². The van der Waals surface area contributed by atoms with E-state index in [9.17, 15) is 0 Å². The molecule has 2 aliphatic carbocycles. The first kappa shape index (κ1) is 12.2. The van der Waals surface area contributed by atoms with Crippen molar-refractivity contribution >= 4 is 18.2 Å². The largest absolute Gasteiger partial charge is 0.338 e. The lowest BCUT2D eigenvalue weighted by molar-refractivity contribution is 0.410. The van der Waals surface area contributed by atoms with Crippen LogP contribution in [0.4, 0.5) is 5.95 Å². The summed E-state index contributed by atoms with van der Waals surface area (Å²) < 4.78 is 3.04. The van der Waals surface area contributed by atoms with E-state index in [2.05, 4.69) is 26.6 Å². The molecule has 0 atom stereocenters. The van der Waals surface area contributed by atoms with Gasteiger partial charge in [-0.05, 0) is 44.8 Å². The van der Waals surface area contributed by atoms with E-state index in [1.54, 1.807) is 0 Å². The third-order valence-electron chi connectivity index (χ3n) is 4.21. The van der Waals surface area contributed by atoms with Gasteiger partial charge in [-0.1, -0.05) is 19.3 Å². The van der Waals surface area contributed by atoms with Crippen molar-refractivity contribution in [2.45, 2.75) is 64.0 Å². The summed E-state index contributed by atoms with van der Waals surface area (Å²) in [5, 5.41) is 7.48. The summed E-state index contributed by atoms with van der Waals surface area (Å²) in [6.07, 6.45) is 9.22. The van der Waals surface area contributed by atoms with E-state index in [1.807, 2.05) is 0 Å². The summed E-state index contributed by atoms with van der Waals surface area (Å²) in [6.45, 7) is 3.25. The van der Waals surface area contributed by atoms with Gasteiger partial charge < -0.3 is 4.90 Å². The number of rotatable bonds is 4. The van der Waals surface area contributed by atoms with Gasteiger partial charge >= 0.3 is 0 Å². The number of H-pyrrole nitrogens is 1. The van der Waals surface area contributed by atoms with Crippen LogP contribution in [-0.4, -0.2) is 27.4 Å². The van der Waals surface area contributed by atoms with Gasteiger partial charge in [0.15, 0.2) is 4.77 Å². The minimum Gasteiger partial charge on any atom is -0.338 e. The number of nitrogens with one attached hydrogen (secondary N) is 1. The number of nitrogens with zero attached hydrogens (tertiary/aromatic N) is 3. The van der Waals surface area contributed by atoms with E-state index >= 15 is 0 Å². The summed E-state index contributed by atoms with van der Waals surface area (Å²) in [4.78, 5) is 2.46. The molecule has 1 heterocycles. The molecule has 1 aromatic rings. The summed E-state index contributed by atoms with van der Waals surface area (Å²) in [5.74, 6) is 1.08. The van der Waals surface area contributed by atoms with Crippen LogP contribution < -0.4 is 4.90 Å². The zero-order valence-corrected chi connectivity index (χ0v) is 11.9. The van der Waals surface area contributed by atoms with Gasteiger partial charge in [0.2, 0.25) is 5.95 Å². The molecule has 1 N–H and O–H groups in total. The van der Waals surface area contributed by atoms with Crippen LogP contribution in [0, 0.1) is 4.77 Å². The third kappa shape index (κ3) is 2.20. The van der Waals surface area contributed by atoms with Crippen molar-refractivity contribution in [3.05, 3.63) is 4.77 Å². The Labute approximate surface area is 113 Å². The van der Waals surface area contributed by atoms with Crippen LogP contribution >= 0.6 is 12.2 Å². The van der Waals surface area contributed by atoms with Gasteiger partial charge in [-0.2, -0.15) is 0 Å². The van der Waals surface area contributed by atoms with Gasteiger partial charge in [0, 0.05) is 18.6 Å². The second-order valence-corrected chi connectivity index (χ2v) is 5.89. The lowest BCUT2D eigenvalue weighted by Crippen LogP contribution is -2.38. The Morgan fingerprint density at radius 1 is 1.28 bits per heavy atom. The average Bonchev–Trinajstić information content (AvgIpc) is 3.17. The second-order valence-electron chi connectivity index (χ2n) is 5.51. The normalized spacial score (nSPS) is 21.2. The lowest BCUT2D eigenvalue weighted by Gasteiger charge is -2.34. The number of aromatic nitrogens is 3. The van der Waals surface area contributed by atoms with Crippen molar-refractivity contribution in [2.24, 2.45) is 0 Å². The van der Waals surface area contributed by atoms with E-state index in [0.717, 1.165) is 17.3 Å². The molecule has 0 aromatic carbocycles. The first-order chi connectivity index (χ1) is 8.81. The first-order valence-corrected chi connectivity index (χ1v) is 7.65. The van der Waals surface area contributed by atoms with Crippen LogP contribution in [0.5, 0.6) is 0 Å². The highest BCUT2D eigenvalue weighted by Crippen LogP contribution is 2.38. The Hall–Kier alpha value is -0.840. The average molecular weight is 266 g/mol. The van der Waals surface area contributed by atoms with Gasteiger partial charge in [-0.15, -0.1) is 5.10 Å². The fraction of sp³-hybridized carbons (Fsp3) is 0.846. The molecule has 0 radical (unpaired) electrons. The predicted octanol–water partition coefficient (Wildman–Crippen LogP) is 3.43. The molecule has 0 spiro atoms. The molecule has 100 valence electrons. The van der Waals surface area contributed by atoms with Crippen LogP contribution in [-0.2, 0) is 0 Å². The van der Waals surface area contributed by atoms with Gasteiger partial charge in [0.25, 0.3) is 0 Å². The molecule has 0 bridgehead atoms. The molecule has 3 rings (SSSR count). The third-order valence-corrected chi connectivity index (χ3v) is 4.50. The van der Waals surface area contributed by atoms with Crippen molar-refractivity contribution in [3.63, 3.8) is 0 Å². The van der Waals surface area contributed by atoms with E-state index in [4.69, 9.17) is 12.2 Å². The zero-order chi connectivity index (χ0) is 12.5. The van der Waals surface area contributed by atoms with Gasteiger partial charge in [0.1, 0.15) is 0 Å². The Bertz CT molecular complexity index is 454. The van der Waals surface area contributed by atoms with Crippen molar-refractivity contribution < 1.29 is 0 Å². The van der Waals surface area contributed by atoms with Crippen LogP contribution in [0.2, 0.25) is 0 Å². The van der Waals surface area contributed by atoms with Gasteiger partial charge in [-0.3, -0.25) is 4.57 Å². The van der Waals surface area contributed by atoms with E-state index in [0.29, 0.717) is 12.1 Å². The fourth-order valence-corrected chi connectivity index (χ4v) is 3.39. The van der Waals surface area contributed by atoms with Crippen molar-refractivity contribution in [3.8, 4) is 0 Å². The second kappa shape index (κ2) is 5.03. The quantitative estimate of drug-likeness (QED) is 0.848. The molecule has 5 heteroatoms. The molecule has 0 saturated heterocycles. The van der Waals surface area contributed by atoms with E-state index < -0.39 is 0 Å². The van der Waals surface area contributed by atoms with Crippen molar-refractivity contribution in [1.82, 2.24) is 14.8 Å². The minimum atomic E-state index is 0.601. The number of anilines is 1. The maximum atomic E-state index is 5.38.